The van der Waals surface area contributed by atoms with Gasteiger partial charge in [-0.25, -0.2) is 9.18 Å². The number of carbonyl (C=O) groups excluding carboxylic acids is 3. The van der Waals surface area contributed by atoms with Gasteiger partial charge in [-0.3, -0.25) is 13.9 Å². The Labute approximate surface area is 281 Å². The summed E-state index contributed by atoms with van der Waals surface area (Å²) in [6.45, 7) is 6.13. The van der Waals surface area contributed by atoms with E-state index in [9.17, 15) is 40.4 Å². The van der Waals surface area contributed by atoms with E-state index in [4.69, 9.17) is 4.74 Å². The van der Waals surface area contributed by atoms with Crippen LogP contribution in [0, 0.1) is 11.7 Å². The number of rotatable bonds is 8. The largest absolute Gasteiger partial charge is 0.516 e. The minimum Gasteiger partial charge on any atom is -0.444 e. The van der Waals surface area contributed by atoms with Gasteiger partial charge in [-0.1, -0.05) is 25.1 Å². The molecule has 2 aliphatic rings. The predicted molar refractivity (Wildman–Crippen MR) is 174 cm³/mol. The Bertz CT molecular complexity index is 1850. The van der Waals surface area contributed by atoms with Crippen LogP contribution in [0.2, 0.25) is 0 Å². The van der Waals surface area contributed by atoms with Crippen LogP contribution < -0.4 is 14.9 Å². The van der Waals surface area contributed by atoms with E-state index in [1.807, 2.05) is 24.3 Å². The lowest BCUT2D eigenvalue weighted by atomic mass is 9.74. The van der Waals surface area contributed by atoms with Crippen molar-refractivity contribution in [3.05, 3.63) is 65.6 Å². The van der Waals surface area contributed by atoms with Crippen molar-refractivity contribution in [2.24, 2.45) is 5.92 Å². The standard InChI is InChI=1S/C33H39F4N5O6S/c1-20(17-39-30(45)48-31(2,3)4)28(43)40-26(15-21-18-38-25-8-6-5-7-23(21)25)29(44)41-13-11-32(12-14-41)19-42(49(46,47)33(35,36)37)27-10-9-22(34)16-24(27)32/h5-10,16,18,20,26,38H,11-15,17,19H2,1-4H3,(H,39,45)(H,40,43)/t20?,26-/m1/s1. The Morgan fingerprint density at radius 2 is 1.73 bits per heavy atom. The molecule has 3 heterocycles. The number of ether oxygens (including phenoxy) is 1. The molecule has 1 saturated heterocycles. The van der Waals surface area contributed by atoms with Crippen molar-refractivity contribution in [3.8, 4) is 0 Å². The number of likely N-dealkylation sites (tertiary alicyclic amines) is 1. The van der Waals surface area contributed by atoms with Gasteiger partial charge in [0.1, 0.15) is 17.5 Å². The second-order valence-electron chi connectivity index (χ2n) is 13.6. The highest BCUT2D eigenvalue weighted by atomic mass is 32.2. The van der Waals surface area contributed by atoms with Crippen LogP contribution in [0.5, 0.6) is 0 Å². The zero-order chi connectivity index (χ0) is 35.9. The fraction of sp³-hybridized carbons (Fsp3) is 0.485. The minimum absolute atomic E-state index is 0.0186. The van der Waals surface area contributed by atoms with Crippen molar-refractivity contribution in [3.63, 3.8) is 0 Å². The maximum atomic E-state index is 14.4. The lowest BCUT2D eigenvalue weighted by molar-refractivity contribution is -0.138. The summed E-state index contributed by atoms with van der Waals surface area (Å²) >= 11 is 0. The number of alkyl halides is 3. The van der Waals surface area contributed by atoms with Crippen LogP contribution >= 0.6 is 0 Å². The quantitative estimate of drug-likeness (QED) is 0.289. The number of anilines is 1. The van der Waals surface area contributed by atoms with Gasteiger partial charge in [0.05, 0.1) is 11.6 Å². The molecule has 11 nitrogen and oxygen atoms in total. The number of nitrogens with one attached hydrogen (secondary N) is 3. The van der Waals surface area contributed by atoms with Gasteiger partial charge in [0.2, 0.25) is 11.8 Å². The average molecular weight is 710 g/mol. The second-order valence-corrected chi connectivity index (χ2v) is 15.5. The maximum Gasteiger partial charge on any atom is 0.516 e. The zero-order valence-electron chi connectivity index (χ0n) is 27.5. The van der Waals surface area contributed by atoms with E-state index in [1.54, 1.807) is 33.9 Å². The highest BCUT2D eigenvalue weighted by Gasteiger charge is 2.57. The Morgan fingerprint density at radius 3 is 2.39 bits per heavy atom. The Morgan fingerprint density at radius 1 is 1.06 bits per heavy atom. The maximum absolute atomic E-state index is 14.4. The molecule has 1 fully saturated rings. The van der Waals surface area contributed by atoms with Gasteiger partial charge in [-0.2, -0.15) is 21.6 Å². The summed E-state index contributed by atoms with van der Waals surface area (Å²) in [5, 5.41) is 6.22. The molecular formula is C33H39F4N5O6S. The van der Waals surface area contributed by atoms with Crippen molar-refractivity contribution in [2.45, 2.75) is 69.5 Å². The van der Waals surface area contributed by atoms with Crippen LogP contribution in [0.15, 0.2) is 48.7 Å². The first-order valence-electron chi connectivity index (χ1n) is 15.8. The number of halogens is 4. The Balaban J connectivity index is 1.35. The topological polar surface area (TPSA) is 141 Å². The molecule has 5 rings (SSSR count). The van der Waals surface area contributed by atoms with Crippen LogP contribution in [-0.2, 0) is 36.2 Å². The number of sulfonamides is 1. The summed E-state index contributed by atoms with van der Waals surface area (Å²) in [5.41, 5.74) is -5.97. The summed E-state index contributed by atoms with van der Waals surface area (Å²) < 4.78 is 85.8. The van der Waals surface area contributed by atoms with Crippen molar-refractivity contribution >= 4 is 44.5 Å². The summed E-state index contributed by atoms with van der Waals surface area (Å²) in [6.07, 6.45) is 1.27. The lowest BCUT2D eigenvalue weighted by Gasteiger charge is -2.41. The lowest BCUT2D eigenvalue weighted by Crippen LogP contribution is -2.55. The highest BCUT2D eigenvalue weighted by Crippen LogP contribution is 2.50. The van der Waals surface area contributed by atoms with Gasteiger partial charge in [-0.05, 0) is 69.0 Å². The van der Waals surface area contributed by atoms with E-state index >= 15 is 0 Å². The third-order valence-corrected chi connectivity index (χ3v) is 10.5. The molecule has 2 atom stereocenters. The molecule has 16 heteroatoms. The summed E-state index contributed by atoms with van der Waals surface area (Å²) in [4.78, 5) is 44.2. The van der Waals surface area contributed by atoms with Crippen molar-refractivity contribution in [1.29, 1.82) is 0 Å². The number of amides is 3. The van der Waals surface area contributed by atoms with Crippen LogP contribution in [0.3, 0.4) is 0 Å². The van der Waals surface area contributed by atoms with E-state index in [2.05, 4.69) is 15.6 Å². The van der Waals surface area contributed by atoms with Gasteiger partial charge >= 0.3 is 21.6 Å². The van der Waals surface area contributed by atoms with Gasteiger partial charge < -0.3 is 25.3 Å². The number of H-pyrrole nitrogens is 1. The van der Waals surface area contributed by atoms with E-state index in [-0.39, 0.29) is 54.5 Å². The molecular weight excluding hydrogens is 670 g/mol. The first-order valence-corrected chi connectivity index (χ1v) is 17.3. The second kappa shape index (κ2) is 13.2. The molecule has 1 unspecified atom stereocenters. The number of benzene rings is 2. The van der Waals surface area contributed by atoms with Crippen LogP contribution in [0.4, 0.5) is 28.0 Å². The third kappa shape index (κ3) is 7.48. The molecule has 266 valence electrons. The number of carbonyl (C=O) groups is 3. The van der Waals surface area contributed by atoms with Gasteiger partial charge in [0.15, 0.2) is 0 Å². The van der Waals surface area contributed by atoms with Gasteiger partial charge in [0.25, 0.3) is 0 Å². The normalized spacial score (nSPS) is 17.5. The Kier molecular flexibility index (Phi) is 9.67. The number of para-hydroxylation sites is 1. The summed E-state index contributed by atoms with van der Waals surface area (Å²) in [5.74, 6) is -2.42. The molecule has 2 aromatic carbocycles. The SMILES string of the molecule is CC(CNC(=O)OC(C)(C)C)C(=O)N[C@H](Cc1c[nH]c2ccccc12)C(=O)N1CCC2(CC1)CN(S(=O)(=O)C(F)(F)F)c1ccc(F)cc12. The molecule has 0 aliphatic carbocycles. The van der Waals surface area contributed by atoms with E-state index in [1.165, 1.54) is 4.90 Å². The fourth-order valence-corrected chi connectivity index (χ4v) is 7.50. The molecule has 1 spiro atoms. The number of nitrogens with zero attached hydrogens (tertiary/aromatic N) is 2. The van der Waals surface area contributed by atoms with Crippen molar-refractivity contribution in [2.75, 3.05) is 30.5 Å². The summed E-state index contributed by atoms with van der Waals surface area (Å²) in [7, 11) is -5.76. The van der Waals surface area contributed by atoms with Crippen molar-refractivity contribution < 1.29 is 45.1 Å². The van der Waals surface area contributed by atoms with Gasteiger partial charge in [0, 0.05) is 55.1 Å². The molecule has 3 N–H and O–H groups in total. The third-order valence-electron chi connectivity index (χ3n) is 8.97. The molecule has 0 saturated carbocycles. The van der Waals surface area contributed by atoms with E-state index < -0.39 is 68.8 Å². The number of piperidine rings is 1. The molecule has 0 bridgehead atoms. The van der Waals surface area contributed by atoms with Crippen molar-refractivity contribution in [1.82, 2.24) is 20.5 Å². The van der Waals surface area contributed by atoms with E-state index in [0.717, 1.165) is 34.7 Å². The summed E-state index contributed by atoms with van der Waals surface area (Å²) in [6, 6.07) is 9.39. The number of aromatic nitrogens is 1. The van der Waals surface area contributed by atoms with Crippen LogP contribution in [-0.4, -0.2) is 79.5 Å². The molecule has 2 aliphatic heterocycles. The van der Waals surface area contributed by atoms with Gasteiger partial charge in [-0.15, -0.1) is 0 Å². The fourth-order valence-electron chi connectivity index (χ4n) is 6.42. The highest BCUT2D eigenvalue weighted by molar-refractivity contribution is 7.93. The molecule has 3 amide bonds. The number of hydrogen-bond acceptors (Lipinski definition) is 6. The average Bonchev–Trinajstić information content (AvgIpc) is 3.57. The first kappa shape index (κ1) is 36.0. The van der Waals surface area contributed by atoms with E-state index in [0.29, 0.717) is 0 Å². The predicted octanol–water partition coefficient (Wildman–Crippen LogP) is 4.73. The molecule has 49 heavy (non-hydrogen) atoms. The molecule has 0 radical (unpaired) electrons. The smallest absolute Gasteiger partial charge is 0.444 e. The monoisotopic (exact) mass is 709 g/mol. The van der Waals surface area contributed by atoms with Crippen LogP contribution in [0.25, 0.3) is 10.9 Å². The Hall–Kier alpha value is -4.34. The number of hydrogen-bond donors (Lipinski definition) is 3. The molecule has 1 aromatic heterocycles. The zero-order valence-corrected chi connectivity index (χ0v) is 28.3. The first-order chi connectivity index (χ1) is 22.8. The number of aromatic amines is 1. The minimum atomic E-state index is -5.76. The molecule has 3 aromatic rings. The number of fused-ring (bicyclic) bond motifs is 3. The van der Waals surface area contributed by atoms with Crippen LogP contribution in [0.1, 0.15) is 51.7 Å². The number of alkyl carbamates (subject to hydrolysis) is 1.